The maximum absolute atomic E-state index is 11.9. The number of hydrogen-bond acceptors (Lipinski definition) is 3. The van der Waals surface area contributed by atoms with Gasteiger partial charge in [-0.1, -0.05) is 31.5 Å². The lowest BCUT2D eigenvalue weighted by molar-refractivity contribution is 0.481. The molecule has 1 rings (SSSR count). The molecule has 3 nitrogen and oxygen atoms in total. The summed E-state index contributed by atoms with van der Waals surface area (Å²) in [6.07, 6.45) is 0.948. The Morgan fingerprint density at radius 1 is 1.19 bits per heavy atom. The molecule has 1 aromatic carbocycles. The normalized spacial score (nSPS) is 12.7. The third kappa shape index (κ3) is 3.73. The largest absolute Gasteiger partial charge is 0.312 e. The van der Waals surface area contributed by atoms with Crippen LogP contribution in [0.25, 0.3) is 0 Å². The molecule has 0 aliphatic carbocycles. The minimum Gasteiger partial charge on any atom is -0.312 e. The van der Waals surface area contributed by atoms with E-state index in [1.54, 1.807) is 30.3 Å². The lowest BCUT2D eigenvalue weighted by Crippen LogP contribution is -2.33. The highest BCUT2D eigenvalue weighted by Gasteiger charge is 2.29. The summed E-state index contributed by atoms with van der Waals surface area (Å²) in [6.45, 7) is 5.89. The van der Waals surface area contributed by atoms with Gasteiger partial charge in [0.1, 0.15) is 0 Å². The molecule has 0 saturated carbocycles. The predicted molar refractivity (Wildman–Crippen MR) is 67.3 cm³/mol. The lowest BCUT2D eigenvalue weighted by Gasteiger charge is -2.21. The van der Waals surface area contributed by atoms with Crippen molar-refractivity contribution in [3.8, 4) is 0 Å². The van der Waals surface area contributed by atoms with Crippen molar-refractivity contribution in [1.82, 2.24) is 0 Å². The third-order valence-electron chi connectivity index (χ3n) is 2.22. The van der Waals surface area contributed by atoms with E-state index in [9.17, 15) is 8.42 Å². The van der Waals surface area contributed by atoms with Gasteiger partial charge in [0.05, 0.1) is 4.90 Å². The average molecular weight is 258 g/mol. The Morgan fingerprint density at radius 2 is 1.75 bits per heavy atom. The van der Waals surface area contributed by atoms with Gasteiger partial charge in [0, 0.05) is 0 Å². The zero-order valence-corrected chi connectivity index (χ0v) is 11.8. The van der Waals surface area contributed by atoms with Crippen LogP contribution in [0.4, 0.5) is 0 Å². The van der Waals surface area contributed by atoms with Crippen LogP contribution in [0.3, 0.4) is 0 Å². The topological polar surface area (TPSA) is 43.4 Å². The van der Waals surface area contributed by atoms with Crippen LogP contribution in [0.5, 0.6) is 0 Å². The van der Waals surface area contributed by atoms with Gasteiger partial charge < -0.3 is 3.87 Å². The summed E-state index contributed by atoms with van der Waals surface area (Å²) in [5.41, 5.74) is 0. The standard InChI is InChI=1S/C11H18O3SSi/c1-4-10-16(2,3)14-15(12,13)11-8-6-5-7-9-11/h5-9H,4,10H2,1-3H3. The molecule has 0 amide bonds. The van der Waals surface area contributed by atoms with Gasteiger partial charge in [-0.2, -0.15) is 8.42 Å². The Hall–Kier alpha value is -0.653. The molecule has 0 radical (unpaired) electrons. The van der Waals surface area contributed by atoms with Crippen molar-refractivity contribution >= 4 is 18.4 Å². The van der Waals surface area contributed by atoms with Crippen molar-refractivity contribution in [2.45, 2.75) is 37.4 Å². The molecular weight excluding hydrogens is 240 g/mol. The van der Waals surface area contributed by atoms with Crippen LogP contribution >= 0.6 is 0 Å². The van der Waals surface area contributed by atoms with Gasteiger partial charge in [-0.05, 0) is 31.3 Å². The summed E-state index contributed by atoms with van der Waals surface area (Å²) in [4.78, 5) is 0.242. The van der Waals surface area contributed by atoms with Crippen molar-refractivity contribution in [2.24, 2.45) is 0 Å². The summed E-state index contributed by atoms with van der Waals surface area (Å²) in [5, 5.41) is 0. The molecule has 0 saturated heterocycles. The van der Waals surface area contributed by atoms with Gasteiger partial charge in [0.15, 0.2) is 0 Å². The van der Waals surface area contributed by atoms with Gasteiger partial charge in [-0.25, -0.2) is 0 Å². The van der Waals surface area contributed by atoms with Crippen LogP contribution < -0.4 is 0 Å². The first kappa shape index (κ1) is 13.4. The van der Waals surface area contributed by atoms with E-state index in [-0.39, 0.29) is 4.90 Å². The molecule has 0 aliphatic heterocycles. The van der Waals surface area contributed by atoms with E-state index in [4.69, 9.17) is 3.87 Å². The second-order valence-corrected chi connectivity index (χ2v) is 10.4. The van der Waals surface area contributed by atoms with Crippen LogP contribution in [0.15, 0.2) is 35.2 Å². The van der Waals surface area contributed by atoms with Crippen LogP contribution in [-0.4, -0.2) is 16.7 Å². The fourth-order valence-electron chi connectivity index (χ4n) is 1.58. The molecule has 0 spiro atoms. The fourth-order valence-corrected chi connectivity index (χ4v) is 6.36. The number of rotatable bonds is 5. The first-order chi connectivity index (χ1) is 7.37. The SMILES string of the molecule is CCC[Si](C)(C)OS(=O)(=O)c1ccccc1. The molecule has 0 heterocycles. The van der Waals surface area contributed by atoms with Gasteiger partial charge in [-0.3, -0.25) is 0 Å². The zero-order chi connectivity index (χ0) is 12.2. The summed E-state index contributed by atoms with van der Waals surface area (Å²) in [6, 6.07) is 9.15. The quantitative estimate of drug-likeness (QED) is 0.763. The summed E-state index contributed by atoms with van der Waals surface area (Å²) in [5.74, 6) is 0. The molecule has 0 atom stereocenters. The number of hydrogen-bond donors (Lipinski definition) is 0. The molecular formula is C11H18O3SSi. The highest BCUT2D eigenvalue weighted by atomic mass is 32.2. The van der Waals surface area contributed by atoms with E-state index in [0.29, 0.717) is 0 Å². The van der Waals surface area contributed by atoms with Gasteiger partial charge >= 0.3 is 0 Å². The Balaban J connectivity index is 2.89. The minimum absolute atomic E-state index is 0.242. The molecule has 0 unspecified atom stereocenters. The monoisotopic (exact) mass is 258 g/mol. The third-order valence-corrected chi connectivity index (χ3v) is 7.46. The Labute approximate surface area is 98.7 Å². The Bertz CT molecular complexity index is 426. The average Bonchev–Trinajstić information content (AvgIpc) is 2.17. The zero-order valence-electron chi connectivity index (χ0n) is 9.93. The van der Waals surface area contributed by atoms with Crippen LogP contribution in [0.1, 0.15) is 13.3 Å². The van der Waals surface area contributed by atoms with Crippen molar-refractivity contribution in [3.05, 3.63) is 30.3 Å². The number of benzene rings is 1. The van der Waals surface area contributed by atoms with Crippen LogP contribution in [0, 0.1) is 0 Å². The van der Waals surface area contributed by atoms with E-state index >= 15 is 0 Å². The van der Waals surface area contributed by atoms with Crippen LogP contribution in [-0.2, 0) is 14.0 Å². The molecule has 0 aliphatic rings. The van der Waals surface area contributed by atoms with Gasteiger partial charge in [0.25, 0.3) is 10.1 Å². The van der Waals surface area contributed by atoms with E-state index in [0.717, 1.165) is 12.5 Å². The second-order valence-electron chi connectivity index (χ2n) is 4.36. The fraction of sp³-hybridized carbons (Fsp3) is 0.455. The molecule has 5 heteroatoms. The molecule has 1 aromatic rings. The molecule has 0 fully saturated rings. The maximum Gasteiger partial charge on any atom is 0.287 e. The molecule has 0 N–H and O–H groups in total. The first-order valence-electron chi connectivity index (χ1n) is 5.38. The Kier molecular flexibility index (Phi) is 4.29. The maximum atomic E-state index is 11.9. The highest BCUT2D eigenvalue weighted by molar-refractivity contribution is 7.87. The highest BCUT2D eigenvalue weighted by Crippen LogP contribution is 2.21. The second kappa shape index (κ2) is 5.12. The summed E-state index contributed by atoms with van der Waals surface area (Å²) in [7, 11) is -5.69. The van der Waals surface area contributed by atoms with Crippen molar-refractivity contribution < 1.29 is 12.3 Å². The smallest absolute Gasteiger partial charge is 0.287 e. The van der Waals surface area contributed by atoms with E-state index in [1.165, 1.54) is 0 Å². The lowest BCUT2D eigenvalue weighted by atomic mass is 10.4. The van der Waals surface area contributed by atoms with Gasteiger partial charge in [-0.15, -0.1) is 0 Å². The summed E-state index contributed by atoms with van der Waals surface area (Å²) < 4.78 is 29.2. The Morgan fingerprint density at radius 3 is 2.25 bits per heavy atom. The van der Waals surface area contributed by atoms with Gasteiger partial charge in [0.2, 0.25) is 8.32 Å². The molecule has 90 valence electrons. The van der Waals surface area contributed by atoms with Crippen LogP contribution in [0.2, 0.25) is 19.1 Å². The predicted octanol–water partition coefficient (Wildman–Crippen LogP) is 3.01. The van der Waals surface area contributed by atoms with Crippen molar-refractivity contribution in [2.75, 3.05) is 0 Å². The first-order valence-corrected chi connectivity index (χ1v) is 9.90. The molecule has 0 bridgehead atoms. The van der Waals surface area contributed by atoms with Crippen molar-refractivity contribution in [1.29, 1.82) is 0 Å². The van der Waals surface area contributed by atoms with E-state index < -0.39 is 18.4 Å². The van der Waals surface area contributed by atoms with E-state index in [1.807, 2.05) is 20.0 Å². The summed E-state index contributed by atoms with van der Waals surface area (Å²) >= 11 is 0. The molecule has 0 aromatic heterocycles. The van der Waals surface area contributed by atoms with Crippen molar-refractivity contribution in [3.63, 3.8) is 0 Å². The molecule has 16 heavy (non-hydrogen) atoms. The minimum atomic E-state index is -3.58. The van der Waals surface area contributed by atoms with E-state index in [2.05, 4.69) is 0 Å².